The Morgan fingerprint density at radius 1 is 1.35 bits per heavy atom. The van der Waals surface area contributed by atoms with Crippen molar-refractivity contribution in [2.75, 3.05) is 7.11 Å². The van der Waals surface area contributed by atoms with E-state index in [9.17, 15) is 5.11 Å². The summed E-state index contributed by atoms with van der Waals surface area (Å²) in [7, 11) is 1.57. The van der Waals surface area contributed by atoms with E-state index < -0.39 is 0 Å². The summed E-state index contributed by atoms with van der Waals surface area (Å²) < 4.78 is 5.12. The van der Waals surface area contributed by atoms with Crippen molar-refractivity contribution in [3.05, 3.63) is 23.8 Å². The SMILES string of the molecule is COc1cc(C(C)NC(C)C2CC2)ccc1O. The number of phenolic OH excluding ortho intramolecular Hbond substituents is 1. The molecular weight excluding hydrogens is 214 g/mol. The van der Waals surface area contributed by atoms with Crippen molar-refractivity contribution in [3.63, 3.8) is 0 Å². The largest absolute Gasteiger partial charge is 0.504 e. The summed E-state index contributed by atoms with van der Waals surface area (Å²) in [6.45, 7) is 4.39. The maximum Gasteiger partial charge on any atom is 0.160 e. The van der Waals surface area contributed by atoms with Gasteiger partial charge in [0.1, 0.15) is 0 Å². The zero-order chi connectivity index (χ0) is 12.4. The van der Waals surface area contributed by atoms with E-state index in [0.717, 1.165) is 11.5 Å². The van der Waals surface area contributed by atoms with E-state index in [1.165, 1.54) is 12.8 Å². The molecule has 3 heteroatoms. The fourth-order valence-corrected chi connectivity index (χ4v) is 2.19. The predicted octanol–water partition coefficient (Wildman–Crippen LogP) is 2.85. The number of hydrogen-bond donors (Lipinski definition) is 2. The van der Waals surface area contributed by atoms with Gasteiger partial charge in [-0.3, -0.25) is 0 Å². The van der Waals surface area contributed by atoms with Crippen LogP contribution in [0.2, 0.25) is 0 Å². The number of hydrogen-bond acceptors (Lipinski definition) is 3. The van der Waals surface area contributed by atoms with Gasteiger partial charge in [0.25, 0.3) is 0 Å². The third kappa shape index (κ3) is 2.91. The maximum absolute atomic E-state index is 9.55. The van der Waals surface area contributed by atoms with Crippen LogP contribution in [0.15, 0.2) is 18.2 Å². The minimum absolute atomic E-state index is 0.193. The zero-order valence-corrected chi connectivity index (χ0v) is 10.7. The Balaban J connectivity index is 2.04. The number of phenols is 1. The monoisotopic (exact) mass is 235 g/mol. The third-order valence-electron chi connectivity index (χ3n) is 3.55. The molecule has 1 saturated carbocycles. The highest BCUT2D eigenvalue weighted by Gasteiger charge is 2.28. The van der Waals surface area contributed by atoms with Gasteiger partial charge in [0.2, 0.25) is 0 Å². The number of ether oxygens (including phenoxy) is 1. The molecule has 94 valence electrons. The van der Waals surface area contributed by atoms with Crippen LogP contribution in [-0.2, 0) is 0 Å². The molecule has 0 saturated heterocycles. The van der Waals surface area contributed by atoms with Crippen molar-refractivity contribution in [3.8, 4) is 11.5 Å². The molecule has 1 aliphatic rings. The Kier molecular flexibility index (Phi) is 3.57. The lowest BCUT2D eigenvalue weighted by Crippen LogP contribution is -2.30. The minimum Gasteiger partial charge on any atom is -0.504 e. The summed E-state index contributed by atoms with van der Waals surface area (Å²) in [6, 6.07) is 6.36. The summed E-state index contributed by atoms with van der Waals surface area (Å²) in [5.74, 6) is 1.57. The zero-order valence-electron chi connectivity index (χ0n) is 10.7. The summed E-state index contributed by atoms with van der Waals surface area (Å²) >= 11 is 0. The quantitative estimate of drug-likeness (QED) is 0.824. The van der Waals surface area contributed by atoms with Gasteiger partial charge in [-0.1, -0.05) is 6.07 Å². The van der Waals surface area contributed by atoms with Crippen LogP contribution in [-0.4, -0.2) is 18.3 Å². The molecule has 2 unspecified atom stereocenters. The van der Waals surface area contributed by atoms with E-state index in [4.69, 9.17) is 4.74 Å². The number of rotatable bonds is 5. The molecule has 2 atom stereocenters. The number of aromatic hydroxyl groups is 1. The second-order valence-corrected chi connectivity index (χ2v) is 4.95. The van der Waals surface area contributed by atoms with Gasteiger partial charge in [-0.15, -0.1) is 0 Å². The first-order valence-electron chi connectivity index (χ1n) is 6.24. The first kappa shape index (κ1) is 12.2. The number of nitrogens with one attached hydrogen (secondary N) is 1. The first-order chi connectivity index (χ1) is 8.11. The highest BCUT2D eigenvalue weighted by atomic mass is 16.5. The smallest absolute Gasteiger partial charge is 0.160 e. The van der Waals surface area contributed by atoms with Gasteiger partial charge in [0.15, 0.2) is 11.5 Å². The predicted molar refractivity (Wildman–Crippen MR) is 68.4 cm³/mol. The molecule has 0 amide bonds. The van der Waals surface area contributed by atoms with Gasteiger partial charge in [-0.25, -0.2) is 0 Å². The lowest BCUT2D eigenvalue weighted by atomic mass is 10.1. The normalized spacial score (nSPS) is 18.8. The molecule has 1 aromatic rings. The first-order valence-corrected chi connectivity index (χ1v) is 6.24. The molecule has 2 N–H and O–H groups in total. The average Bonchev–Trinajstić information content (AvgIpc) is 3.13. The molecule has 3 nitrogen and oxygen atoms in total. The van der Waals surface area contributed by atoms with Crippen LogP contribution in [0.4, 0.5) is 0 Å². The summed E-state index contributed by atoms with van der Waals surface area (Å²) in [5.41, 5.74) is 1.15. The van der Waals surface area contributed by atoms with Gasteiger partial charge in [0, 0.05) is 12.1 Å². The molecule has 17 heavy (non-hydrogen) atoms. The van der Waals surface area contributed by atoms with Crippen molar-refractivity contribution in [2.45, 2.75) is 38.8 Å². The molecular formula is C14H21NO2. The molecule has 0 spiro atoms. The van der Waals surface area contributed by atoms with Crippen molar-refractivity contribution < 1.29 is 9.84 Å². The molecule has 0 bridgehead atoms. The third-order valence-corrected chi connectivity index (χ3v) is 3.55. The van der Waals surface area contributed by atoms with E-state index >= 15 is 0 Å². The fraction of sp³-hybridized carbons (Fsp3) is 0.571. The Morgan fingerprint density at radius 2 is 2.06 bits per heavy atom. The topological polar surface area (TPSA) is 41.5 Å². The van der Waals surface area contributed by atoms with Crippen molar-refractivity contribution in [1.29, 1.82) is 0 Å². The van der Waals surface area contributed by atoms with Gasteiger partial charge < -0.3 is 15.2 Å². The lowest BCUT2D eigenvalue weighted by molar-refractivity contribution is 0.371. The van der Waals surface area contributed by atoms with Crippen LogP contribution in [0.1, 0.15) is 38.3 Å². The molecule has 0 radical (unpaired) electrons. The Morgan fingerprint density at radius 3 is 2.65 bits per heavy atom. The van der Waals surface area contributed by atoms with Crippen LogP contribution in [0, 0.1) is 5.92 Å². The van der Waals surface area contributed by atoms with Gasteiger partial charge in [-0.05, 0) is 50.3 Å². The summed E-state index contributed by atoms with van der Waals surface area (Å²) in [5, 5.41) is 13.1. The fourth-order valence-electron chi connectivity index (χ4n) is 2.19. The van der Waals surface area contributed by atoms with E-state index in [1.807, 2.05) is 12.1 Å². The van der Waals surface area contributed by atoms with E-state index in [2.05, 4.69) is 19.2 Å². The van der Waals surface area contributed by atoms with E-state index in [0.29, 0.717) is 11.8 Å². The summed E-state index contributed by atoms with van der Waals surface area (Å²) in [4.78, 5) is 0. The van der Waals surface area contributed by atoms with Crippen LogP contribution in [0.5, 0.6) is 11.5 Å². The minimum atomic E-state index is 0.193. The second kappa shape index (κ2) is 4.96. The van der Waals surface area contributed by atoms with Crippen LogP contribution < -0.4 is 10.1 Å². The van der Waals surface area contributed by atoms with Crippen molar-refractivity contribution >= 4 is 0 Å². The van der Waals surface area contributed by atoms with Gasteiger partial charge in [-0.2, -0.15) is 0 Å². The van der Waals surface area contributed by atoms with Crippen molar-refractivity contribution in [2.24, 2.45) is 5.92 Å². The average molecular weight is 235 g/mol. The van der Waals surface area contributed by atoms with E-state index in [1.54, 1.807) is 13.2 Å². The lowest BCUT2D eigenvalue weighted by Gasteiger charge is -2.20. The van der Waals surface area contributed by atoms with Crippen LogP contribution >= 0.6 is 0 Å². The number of benzene rings is 1. The molecule has 0 aliphatic heterocycles. The number of methoxy groups -OCH3 is 1. The molecule has 0 aromatic heterocycles. The Labute approximate surface area is 103 Å². The Hall–Kier alpha value is -1.22. The standard InChI is InChI=1S/C14H21NO2/c1-9(11-4-5-11)15-10(2)12-6-7-13(16)14(8-12)17-3/h6-11,15-16H,4-5H2,1-3H3. The molecule has 1 aromatic carbocycles. The van der Waals surface area contributed by atoms with Crippen LogP contribution in [0.25, 0.3) is 0 Å². The van der Waals surface area contributed by atoms with Gasteiger partial charge in [0.05, 0.1) is 7.11 Å². The highest BCUT2D eigenvalue weighted by molar-refractivity contribution is 5.42. The second-order valence-electron chi connectivity index (χ2n) is 4.95. The Bertz CT molecular complexity index is 388. The molecule has 0 heterocycles. The molecule has 1 aliphatic carbocycles. The molecule has 2 rings (SSSR count). The van der Waals surface area contributed by atoms with Gasteiger partial charge >= 0.3 is 0 Å². The molecule has 1 fully saturated rings. The highest BCUT2D eigenvalue weighted by Crippen LogP contribution is 2.34. The van der Waals surface area contributed by atoms with Crippen molar-refractivity contribution in [1.82, 2.24) is 5.32 Å². The maximum atomic E-state index is 9.55. The van der Waals surface area contributed by atoms with Crippen LogP contribution in [0.3, 0.4) is 0 Å². The van der Waals surface area contributed by atoms with E-state index in [-0.39, 0.29) is 11.8 Å². The summed E-state index contributed by atoms with van der Waals surface area (Å²) in [6.07, 6.45) is 2.69.